The van der Waals surface area contributed by atoms with E-state index in [9.17, 15) is 14.7 Å². The molecule has 0 bridgehead atoms. The summed E-state index contributed by atoms with van der Waals surface area (Å²) in [7, 11) is 1.58. The summed E-state index contributed by atoms with van der Waals surface area (Å²) >= 11 is 0. The molecule has 29 heavy (non-hydrogen) atoms. The largest absolute Gasteiger partial charge is 0.508 e. The van der Waals surface area contributed by atoms with E-state index in [1.165, 1.54) is 19.1 Å². The smallest absolute Gasteiger partial charge is 0.262 e. The Balaban J connectivity index is 0.000000989. The van der Waals surface area contributed by atoms with Gasteiger partial charge < -0.3 is 9.84 Å². The molecule has 0 spiro atoms. The fourth-order valence-electron chi connectivity index (χ4n) is 3.06. The van der Waals surface area contributed by atoms with E-state index in [4.69, 9.17) is 4.74 Å². The highest BCUT2D eigenvalue weighted by molar-refractivity contribution is 6.05. The van der Waals surface area contributed by atoms with E-state index in [2.05, 4.69) is 0 Å². The van der Waals surface area contributed by atoms with E-state index < -0.39 is 0 Å². The van der Waals surface area contributed by atoms with Gasteiger partial charge in [0.1, 0.15) is 17.3 Å². The van der Waals surface area contributed by atoms with E-state index in [1.807, 2.05) is 46.8 Å². The molecule has 1 aromatic heterocycles. The van der Waals surface area contributed by atoms with Crippen LogP contribution in [-0.2, 0) is 11.2 Å². The van der Waals surface area contributed by atoms with Crippen LogP contribution in [0.4, 0.5) is 0 Å². The number of ketones is 1. The van der Waals surface area contributed by atoms with Gasteiger partial charge >= 0.3 is 0 Å². The number of hydrogen-bond acceptors (Lipinski definition) is 4. The van der Waals surface area contributed by atoms with Crippen LogP contribution in [0.25, 0.3) is 10.9 Å². The van der Waals surface area contributed by atoms with Crippen molar-refractivity contribution in [3.05, 3.63) is 59.3 Å². The van der Waals surface area contributed by atoms with Gasteiger partial charge in [0.2, 0.25) is 0 Å². The lowest BCUT2D eigenvalue weighted by Gasteiger charge is -2.08. The third-order valence-corrected chi connectivity index (χ3v) is 4.28. The van der Waals surface area contributed by atoms with Crippen LogP contribution in [0, 0.1) is 6.92 Å². The van der Waals surface area contributed by atoms with Gasteiger partial charge in [0.05, 0.1) is 12.6 Å². The highest BCUT2D eigenvalue weighted by atomic mass is 16.5. The Kier molecular flexibility index (Phi) is 9.13. The lowest BCUT2D eigenvalue weighted by molar-refractivity contribution is -0.116. The fourth-order valence-corrected chi connectivity index (χ4v) is 3.06. The quantitative estimate of drug-likeness (QED) is 0.628. The molecule has 1 heterocycles. The van der Waals surface area contributed by atoms with E-state index in [0.29, 0.717) is 11.3 Å². The van der Waals surface area contributed by atoms with Crippen molar-refractivity contribution < 1.29 is 19.4 Å². The number of carbonyl (C=O) groups is 2. The zero-order chi connectivity index (χ0) is 22.1. The Morgan fingerprint density at radius 2 is 1.59 bits per heavy atom. The maximum absolute atomic E-state index is 13.0. The number of nitrogens with zero attached hydrogens (tertiary/aromatic N) is 1. The summed E-state index contributed by atoms with van der Waals surface area (Å²) in [5.74, 6) is 0.601. The van der Waals surface area contributed by atoms with Gasteiger partial charge in [-0.25, -0.2) is 0 Å². The highest BCUT2D eigenvalue weighted by Crippen LogP contribution is 2.30. The van der Waals surface area contributed by atoms with Gasteiger partial charge in [-0.05, 0) is 61.9 Å². The minimum absolute atomic E-state index is 0.0297. The minimum Gasteiger partial charge on any atom is -0.508 e. The van der Waals surface area contributed by atoms with Crippen molar-refractivity contribution in [3.63, 3.8) is 0 Å². The average molecular weight is 398 g/mol. The molecule has 0 aliphatic carbocycles. The molecule has 3 aromatic rings. The van der Waals surface area contributed by atoms with Crippen LogP contribution in [0.5, 0.6) is 11.5 Å². The molecule has 156 valence electrons. The van der Waals surface area contributed by atoms with Crippen molar-refractivity contribution in [2.24, 2.45) is 0 Å². The first kappa shape index (κ1) is 24.0. The summed E-state index contributed by atoms with van der Waals surface area (Å²) in [5.41, 5.74) is 2.75. The first-order chi connectivity index (χ1) is 13.9. The molecule has 2 aromatic carbocycles. The molecule has 0 saturated heterocycles. The zero-order valence-corrected chi connectivity index (χ0v) is 18.4. The van der Waals surface area contributed by atoms with Crippen LogP contribution in [0.3, 0.4) is 0 Å². The number of aromatic hydroxyl groups is 1. The molecule has 0 saturated carbocycles. The molecule has 0 aliphatic heterocycles. The van der Waals surface area contributed by atoms with Gasteiger partial charge in [-0.1, -0.05) is 27.7 Å². The van der Waals surface area contributed by atoms with Crippen molar-refractivity contribution in [2.45, 2.75) is 48.0 Å². The van der Waals surface area contributed by atoms with E-state index in [1.54, 1.807) is 29.9 Å². The lowest BCUT2D eigenvalue weighted by Crippen LogP contribution is -2.14. The molecule has 0 fully saturated rings. The number of ether oxygens (including phenoxy) is 1. The first-order valence-electron chi connectivity index (χ1n) is 9.93. The molecule has 5 nitrogen and oxygen atoms in total. The number of hydrogen-bond donors (Lipinski definition) is 1. The average Bonchev–Trinajstić information content (AvgIpc) is 3.01. The molecular weight excluding hydrogens is 366 g/mol. The number of benzene rings is 2. The second kappa shape index (κ2) is 11.1. The van der Waals surface area contributed by atoms with Crippen LogP contribution in [0.2, 0.25) is 0 Å². The van der Waals surface area contributed by atoms with Crippen LogP contribution in [0.1, 0.15) is 56.2 Å². The van der Waals surface area contributed by atoms with Gasteiger partial charge in [0, 0.05) is 23.1 Å². The van der Waals surface area contributed by atoms with E-state index in [0.717, 1.165) is 22.2 Å². The molecule has 0 amide bonds. The Morgan fingerprint density at radius 1 is 1.00 bits per heavy atom. The Labute approximate surface area is 172 Å². The molecule has 1 N–H and O–H groups in total. The van der Waals surface area contributed by atoms with Crippen molar-refractivity contribution in [1.82, 2.24) is 4.57 Å². The molecular formula is C24H31NO4. The minimum atomic E-state index is -0.206. The van der Waals surface area contributed by atoms with Gasteiger partial charge in [0.15, 0.2) is 0 Å². The number of fused-ring (bicyclic) bond motifs is 1. The fraction of sp³-hybridized carbons (Fsp3) is 0.333. The van der Waals surface area contributed by atoms with Crippen LogP contribution >= 0.6 is 0 Å². The number of methoxy groups -OCH3 is 1. The molecule has 0 aliphatic rings. The molecule has 0 radical (unpaired) electrons. The Morgan fingerprint density at radius 3 is 2.10 bits per heavy atom. The summed E-state index contributed by atoms with van der Waals surface area (Å²) in [6, 6.07) is 11.6. The predicted molar refractivity (Wildman–Crippen MR) is 118 cm³/mol. The third kappa shape index (κ3) is 5.25. The topological polar surface area (TPSA) is 68.5 Å². The zero-order valence-electron chi connectivity index (χ0n) is 18.4. The first-order valence-corrected chi connectivity index (χ1v) is 9.93. The summed E-state index contributed by atoms with van der Waals surface area (Å²) in [6.07, 6.45) is 0.255. The lowest BCUT2D eigenvalue weighted by atomic mass is 10.1. The van der Waals surface area contributed by atoms with Gasteiger partial charge in [0.25, 0.3) is 5.91 Å². The third-order valence-electron chi connectivity index (χ3n) is 4.28. The number of aromatic nitrogens is 1. The van der Waals surface area contributed by atoms with Crippen molar-refractivity contribution in [1.29, 1.82) is 0 Å². The van der Waals surface area contributed by atoms with E-state index in [-0.39, 0.29) is 23.9 Å². The number of carbonyl (C=O) groups excluding carboxylic acids is 2. The van der Waals surface area contributed by atoms with Crippen molar-refractivity contribution in [2.75, 3.05) is 7.11 Å². The van der Waals surface area contributed by atoms with Gasteiger partial charge in [-0.3, -0.25) is 14.2 Å². The van der Waals surface area contributed by atoms with Crippen LogP contribution in [-0.4, -0.2) is 28.5 Å². The molecule has 3 rings (SSSR count). The molecule has 0 unspecified atom stereocenters. The number of phenolic OH excluding ortho intramolecular Hbond substituents is 1. The molecule has 0 atom stereocenters. The normalized spacial score (nSPS) is 9.76. The molecule has 5 heteroatoms. The Hall–Kier alpha value is -3.08. The summed E-state index contributed by atoms with van der Waals surface area (Å²) in [4.78, 5) is 24.7. The number of phenols is 1. The van der Waals surface area contributed by atoms with Crippen LogP contribution in [0.15, 0.2) is 42.5 Å². The maximum Gasteiger partial charge on any atom is 0.262 e. The van der Waals surface area contributed by atoms with Crippen LogP contribution < -0.4 is 4.74 Å². The SMILES string of the molecule is CC.CC.COc1ccc2c(c1)c(CC(C)=O)c(C)n2C(=O)c1ccc(O)cc1. The maximum atomic E-state index is 13.0. The van der Waals surface area contributed by atoms with E-state index >= 15 is 0 Å². The second-order valence-electron chi connectivity index (χ2n) is 6.01. The summed E-state index contributed by atoms with van der Waals surface area (Å²) in [6.45, 7) is 11.4. The Bertz CT molecular complexity index is 969. The predicted octanol–water partition coefficient (Wildman–Crippen LogP) is 5.54. The van der Waals surface area contributed by atoms with Crippen molar-refractivity contribution in [3.8, 4) is 11.5 Å². The number of Topliss-reactive ketones (excluding diaryl/α,β-unsaturated/α-hetero) is 1. The highest BCUT2D eigenvalue weighted by Gasteiger charge is 2.21. The van der Waals surface area contributed by atoms with Gasteiger partial charge in [-0.2, -0.15) is 0 Å². The monoisotopic (exact) mass is 397 g/mol. The van der Waals surface area contributed by atoms with Gasteiger partial charge in [-0.15, -0.1) is 0 Å². The summed E-state index contributed by atoms with van der Waals surface area (Å²) in [5, 5.41) is 10.3. The standard InChI is InChI=1S/C20H19NO4.2C2H6/c1-12(22)10-17-13(2)21(19-9-8-16(25-3)11-18(17)19)20(24)14-4-6-15(23)7-5-14;2*1-2/h4-9,11,23H,10H2,1-3H3;2*1-2H3. The summed E-state index contributed by atoms with van der Waals surface area (Å²) < 4.78 is 6.89. The van der Waals surface area contributed by atoms with Crippen molar-refractivity contribution >= 4 is 22.6 Å². The number of rotatable bonds is 4. The second-order valence-corrected chi connectivity index (χ2v) is 6.01.